The monoisotopic (exact) mass is 301 g/mol. The van der Waals surface area contributed by atoms with Gasteiger partial charge in [0.25, 0.3) is 5.91 Å². The molecule has 0 aliphatic carbocycles. The first kappa shape index (κ1) is 14.0. The van der Waals surface area contributed by atoms with Gasteiger partial charge in [0.1, 0.15) is 5.75 Å². The number of hydrogen-bond acceptors (Lipinski definition) is 2. The number of phenols is 1. The summed E-state index contributed by atoms with van der Waals surface area (Å²) in [6, 6.07) is 10.7. The van der Waals surface area contributed by atoms with Crippen LogP contribution in [0.3, 0.4) is 0 Å². The van der Waals surface area contributed by atoms with E-state index in [1.54, 1.807) is 29.2 Å². The lowest BCUT2D eigenvalue weighted by atomic mass is 9.98. The lowest BCUT2D eigenvalue weighted by Crippen LogP contribution is -2.36. The zero-order chi connectivity index (χ0) is 15.0. The van der Waals surface area contributed by atoms with Crippen molar-refractivity contribution in [3.8, 4) is 5.75 Å². The van der Waals surface area contributed by atoms with E-state index in [1.807, 2.05) is 19.1 Å². The molecule has 1 aliphatic heterocycles. The number of hydrogen-bond donors (Lipinski definition) is 1. The first-order chi connectivity index (χ1) is 10.0. The molecule has 0 aromatic heterocycles. The van der Waals surface area contributed by atoms with Gasteiger partial charge in [0.05, 0.1) is 0 Å². The Morgan fingerprint density at radius 2 is 2.00 bits per heavy atom. The summed E-state index contributed by atoms with van der Waals surface area (Å²) < 4.78 is 0. The normalized spacial score (nSPS) is 13.9. The number of benzene rings is 2. The predicted octanol–water partition coefficient (Wildman–Crippen LogP) is 3.55. The number of aromatic hydroxyl groups is 1. The van der Waals surface area contributed by atoms with Gasteiger partial charge in [0.15, 0.2) is 0 Å². The maximum Gasteiger partial charge on any atom is 0.254 e. The second-order valence-corrected chi connectivity index (χ2v) is 5.83. The highest BCUT2D eigenvalue weighted by Crippen LogP contribution is 2.25. The lowest BCUT2D eigenvalue weighted by Gasteiger charge is -2.29. The van der Waals surface area contributed by atoms with Gasteiger partial charge in [-0.05, 0) is 54.3 Å². The summed E-state index contributed by atoms with van der Waals surface area (Å²) in [6.45, 7) is 3.12. The van der Waals surface area contributed by atoms with E-state index in [1.165, 1.54) is 5.56 Å². The van der Waals surface area contributed by atoms with Crippen LogP contribution in [0.5, 0.6) is 5.75 Å². The molecular weight excluding hydrogens is 286 g/mol. The van der Waals surface area contributed by atoms with Crippen molar-refractivity contribution in [1.82, 2.24) is 4.90 Å². The van der Waals surface area contributed by atoms with Crippen LogP contribution in [0.15, 0.2) is 36.4 Å². The topological polar surface area (TPSA) is 40.5 Å². The molecule has 1 aliphatic rings. The third-order valence-electron chi connectivity index (χ3n) is 3.92. The van der Waals surface area contributed by atoms with Crippen LogP contribution in [0.1, 0.15) is 27.0 Å². The summed E-state index contributed by atoms with van der Waals surface area (Å²) in [4.78, 5) is 14.5. The third-order valence-corrected chi connectivity index (χ3v) is 4.15. The average molecular weight is 302 g/mol. The summed E-state index contributed by atoms with van der Waals surface area (Å²) >= 11 is 6.00. The Labute approximate surface area is 128 Å². The Kier molecular flexibility index (Phi) is 3.60. The predicted molar refractivity (Wildman–Crippen MR) is 82.7 cm³/mol. The first-order valence-corrected chi connectivity index (χ1v) is 7.28. The Hall–Kier alpha value is -2.00. The van der Waals surface area contributed by atoms with E-state index in [0.717, 1.165) is 17.5 Å². The molecule has 2 aromatic carbocycles. The molecule has 0 saturated heterocycles. The number of phenolic OH excluding ortho intramolecular Hbond substituents is 1. The van der Waals surface area contributed by atoms with Gasteiger partial charge < -0.3 is 10.0 Å². The van der Waals surface area contributed by atoms with Gasteiger partial charge in [-0.2, -0.15) is 0 Å². The maximum atomic E-state index is 12.7. The van der Waals surface area contributed by atoms with Crippen LogP contribution in [-0.2, 0) is 13.0 Å². The Morgan fingerprint density at radius 1 is 1.19 bits per heavy atom. The average Bonchev–Trinajstić information content (AvgIpc) is 2.48. The fourth-order valence-corrected chi connectivity index (χ4v) is 2.88. The molecule has 108 valence electrons. The molecule has 21 heavy (non-hydrogen) atoms. The highest BCUT2D eigenvalue weighted by atomic mass is 35.5. The van der Waals surface area contributed by atoms with E-state index < -0.39 is 0 Å². The summed E-state index contributed by atoms with van der Waals surface area (Å²) in [5, 5.41) is 10.2. The minimum atomic E-state index is -0.0102. The van der Waals surface area contributed by atoms with Crippen molar-refractivity contribution in [1.29, 1.82) is 0 Å². The third kappa shape index (κ3) is 2.74. The van der Waals surface area contributed by atoms with Crippen molar-refractivity contribution >= 4 is 17.5 Å². The largest absolute Gasteiger partial charge is 0.508 e. The molecule has 0 bridgehead atoms. The first-order valence-electron chi connectivity index (χ1n) is 6.91. The standard InChI is InChI=1S/C17H16ClNO2/c1-11-2-4-14(18)9-16(11)17(21)19-7-6-12-3-5-15(20)8-13(12)10-19/h2-5,8-9,20H,6-7,10H2,1H3. The van der Waals surface area contributed by atoms with Crippen molar-refractivity contribution < 1.29 is 9.90 Å². The number of rotatable bonds is 1. The van der Waals surface area contributed by atoms with Gasteiger partial charge >= 0.3 is 0 Å². The van der Waals surface area contributed by atoms with E-state index >= 15 is 0 Å². The summed E-state index contributed by atoms with van der Waals surface area (Å²) in [6.07, 6.45) is 0.807. The van der Waals surface area contributed by atoms with Gasteiger partial charge in [-0.15, -0.1) is 0 Å². The van der Waals surface area contributed by atoms with Gasteiger partial charge in [-0.25, -0.2) is 0 Å². The molecule has 0 unspecified atom stereocenters. The molecule has 0 atom stereocenters. The molecule has 1 N–H and O–H groups in total. The molecule has 0 radical (unpaired) electrons. The molecule has 4 heteroatoms. The number of aryl methyl sites for hydroxylation is 1. The molecule has 0 spiro atoms. The molecule has 1 heterocycles. The van der Waals surface area contributed by atoms with Crippen molar-refractivity contribution in [3.05, 3.63) is 63.7 Å². The fourth-order valence-electron chi connectivity index (χ4n) is 2.71. The van der Waals surface area contributed by atoms with Crippen molar-refractivity contribution in [3.63, 3.8) is 0 Å². The number of halogens is 1. The number of carbonyl (C=O) groups is 1. The van der Waals surface area contributed by atoms with E-state index in [4.69, 9.17) is 11.6 Å². The van der Waals surface area contributed by atoms with Crippen molar-refractivity contribution in [2.45, 2.75) is 19.9 Å². The van der Waals surface area contributed by atoms with E-state index in [-0.39, 0.29) is 11.7 Å². The number of carbonyl (C=O) groups excluding carboxylic acids is 1. The van der Waals surface area contributed by atoms with Crippen LogP contribution in [-0.4, -0.2) is 22.5 Å². The van der Waals surface area contributed by atoms with Gasteiger partial charge in [-0.1, -0.05) is 23.7 Å². The molecule has 0 fully saturated rings. The summed E-state index contributed by atoms with van der Waals surface area (Å²) in [5.41, 5.74) is 3.77. The molecule has 1 amide bonds. The Morgan fingerprint density at radius 3 is 2.81 bits per heavy atom. The minimum absolute atomic E-state index is 0.0102. The zero-order valence-corrected chi connectivity index (χ0v) is 12.5. The van der Waals surface area contributed by atoms with Crippen LogP contribution < -0.4 is 0 Å². The minimum Gasteiger partial charge on any atom is -0.508 e. The van der Waals surface area contributed by atoms with Gasteiger partial charge in [-0.3, -0.25) is 4.79 Å². The second kappa shape index (κ2) is 5.41. The summed E-state index contributed by atoms with van der Waals surface area (Å²) in [5.74, 6) is 0.228. The molecule has 3 rings (SSSR count). The van der Waals surface area contributed by atoms with Crippen LogP contribution >= 0.6 is 11.6 Å². The fraction of sp³-hybridized carbons (Fsp3) is 0.235. The van der Waals surface area contributed by atoms with Crippen LogP contribution in [0, 0.1) is 6.92 Å². The number of nitrogens with zero attached hydrogens (tertiary/aromatic N) is 1. The SMILES string of the molecule is Cc1ccc(Cl)cc1C(=O)N1CCc2ccc(O)cc2C1. The van der Waals surface area contributed by atoms with Crippen molar-refractivity contribution in [2.75, 3.05) is 6.54 Å². The Bertz CT molecular complexity index is 712. The van der Waals surface area contributed by atoms with Crippen molar-refractivity contribution in [2.24, 2.45) is 0 Å². The second-order valence-electron chi connectivity index (χ2n) is 5.39. The van der Waals surface area contributed by atoms with Crippen LogP contribution in [0.25, 0.3) is 0 Å². The zero-order valence-electron chi connectivity index (χ0n) is 11.8. The molecule has 2 aromatic rings. The van der Waals surface area contributed by atoms with E-state index in [9.17, 15) is 9.90 Å². The summed E-state index contributed by atoms with van der Waals surface area (Å²) in [7, 11) is 0. The number of amides is 1. The maximum absolute atomic E-state index is 12.7. The smallest absolute Gasteiger partial charge is 0.254 e. The van der Waals surface area contributed by atoms with Crippen LogP contribution in [0.2, 0.25) is 5.02 Å². The quantitative estimate of drug-likeness (QED) is 0.875. The lowest BCUT2D eigenvalue weighted by molar-refractivity contribution is 0.0733. The highest BCUT2D eigenvalue weighted by Gasteiger charge is 2.23. The molecule has 0 saturated carbocycles. The number of fused-ring (bicyclic) bond motifs is 1. The van der Waals surface area contributed by atoms with E-state index in [2.05, 4.69) is 0 Å². The Balaban J connectivity index is 1.88. The molecule has 3 nitrogen and oxygen atoms in total. The van der Waals surface area contributed by atoms with Gasteiger partial charge in [0.2, 0.25) is 0 Å². The van der Waals surface area contributed by atoms with Crippen LogP contribution in [0.4, 0.5) is 0 Å². The molecular formula is C17H16ClNO2. The highest BCUT2D eigenvalue weighted by molar-refractivity contribution is 6.31. The van der Waals surface area contributed by atoms with E-state index in [0.29, 0.717) is 23.7 Å². The van der Waals surface area contributed by atoms with Gasteiger partial charge in [0, 0.05) is 23.7 Å².